The Balaban J connectivity index is 1.44. The zero-order valence-electron chi connectivity index (χ0n) is 21.6. The standard InChI is InChI=1S/C27H25BrFN7O4/c1-15(38)25-19-8-17(18-10-30-16(2)31-11-18)6-7-20(19)36(34-25)12-24(39)35-13-27(29,14-37)9-21(35)26(40)33-23-5-3-4-22(28)32-23/h3-8,10-11,21,37H,9,12-14H2,1-2H3,(H,32,33,40)/t21-,27+/m0/s1. The lowest BCUT2D eigenvalue weighted by atomic mass is 10.0. The number of aliphatic hydroxyl groups is 1. The first kappa shape index (κ1) is 27.5. The molecule has 40 heavy (non-hydrogen) atoms. The molecule has 0 saturated carbocycles. The van der Waals surface area contributed by atoms with Crippen molar-refractivity contribution in [1.29, 1.82) is 0 Å². The topological polar surface area (TPSA) is 143 Å². The first-order valence-corrected chi connectivity index (χ1v) is 13.2. The number of benzene rings is 1. The van der Waals surface area contributed by atoms with Crippen LogP contribution in [0.15, 0.2) is 53.4 Å². The first-order valence-electron chi connectivity index (χ1n) is 12.4. The molecule has 3 aromatic heterocycles. The molecule has 0 spiro atoms. The molecular weight excluding hydrogens is 585 g/mol. The van der Waals surface area contributed by atoms with Crippen molar-refractivity contribution in [2.75, 3.05) is 18.5 Å². The van der Waals surface area contributed by atoms with Gasteiger partial charge in [-0.05, 0) is 52.7 Å². The molecule has 0 bridgehead atoms. The van der Waals surface area contributed by atoms with E-state index >= 15 is 4.39 Å². The van der Waals surface area contributed by atoms with Crippen molar-refractivity contribution < 1.29 is 23.9 Å². The molecular formula is C27H25BrFN7O4. The van der Waals surface area contributed by atoms with E-state index in [2.05, 4.69) is 41.3 Å². The van der Waals surface area contributed by atoms with Gasteiger partial charge in [0.1, 0.15) is 34.5 Å². The number of amides is 2. The Morgan fingerprint density at radius 3 is 2.60 bits per heavy atom. The van der Waals surface area contributed by atoms with Crippen molar-refractivity contribution in [3.05, 3.63) is 64.9 Å². The maximum Gasteiger partial charge on any atom is 0.248 e. The summed E-state index contributed by atoms with van der Waals surface area (Å²) in [6.45, 7) is 1.49. The number of pyridine rings is 1. The minimum absolute atomic E-state index is 0.171. The van der Waals surface area contributed by atoms with Crippen LogP contribution in [0.2, 0.25) is 0 Å². The number of nitrogens with one attached hydrogen (secondary N) is 1. The lowest BCUT2D eigenvalue weighted by molar-refractivity contribution is -0.137. The van der Waals surface area contributed by atoms with Gasteiger partial charge in [-0.1, -0.05) is 12.1 Å². The highest BCUT2D eigenvalue weighted by molar-refractivity contribution is 9.10. The van der Waals surface area contributed by atoms with Crippen LogP contribution in [0.5, 0.6) is 0 Å². The minimum atomic E-state index is -2.15. The predicted molar refractivity (Wildman–Crippen MR) is 147 cm³/mol. The fourth-order valence-electron chi connectivity index (χ4n) is 4.73. The number of alkyl halides is 1. The van der Waals surface area contributed by atoms with E-state index in [0.29, 0.717) is 21.3 Å². The van der Waals surface area contributed by atoms with E-state index < -0.39 is 36.7 Å². The second-order valence-electron chi connectivity index (χ2n) is 9.70. The van der Waals surface area contributed by atoms with Gasteiger partial charge in [0.2, 0.25) is 11.8 Å². The van der Waals surface area contributed by atoms with E-state index in [1.54, 1.807) is 55.7 Å². The molecule has 2 atom stereocenters. The summed E-state index contributed by atoms with van der Waals surface area (Å²) in [6, 6.07) is 9.05. The van der Waals surface area contributed by atoms with Gasteiger partial charge in [0.05, 0.1) is 18.7 Å². The van der Waals surface area contributed by atoms with Crippen LogP contribution in [0.25, 0.3) is 22.0 Å². The Kier molecular flexibility index (Phi) is 7.43. The number of likely N-dealkylation sites (tertiary alicyclic amines) is 1. The number of ketones is 1. The van der Waals surface area contributed by atoms with E-state index in [1.807, 2.05) is 0 Å². The van der Waals surface area contributed by atoms with Crippen LogP contribution >= 0.6 is 15.9 Å². The maximum absolute atomic E-state index is 15.3. The van der Waals surface area contributed by atoms with Gasteiger partial charge in [-0.25, -0.2) is 19.3 Å². The monoisotopic (exact) mass is 609 g/mol. The van der Waals surface area contributed by atoms with E-state index in [-0.39, 0.29) is 30.3 Å². The summed E-state index contributed by atoms with van der Waals surface area (Å²) in [5.74, 6) is -0.666. The Morgan fingerprint density at radius 2 is 1.93 bits per heavy atom. The fourth-order valence-corrected chi connectivity index (χ4v) is 5.08. The van der Waals surface area contributed by atoms with E-state index in [0.717, 1.165) is 16.0 Å². The van der Waals surface area contributed by atoms with Gasteiger partial charge in [0.25, 0.3) is 0 Å². The zero-order valence-corrected chi connectivity index (χ0v) is 23.2. The van der Waals surface area contributed by atoms with Gasteiger partial charge in [-0.15, -0.1) is 0 Å². The number of anilines is 1. The van der Waals surface area contributed by atoms with Crippen LogP contribution in [-0.4, -0.2) is 77.2 Å². The Hall–Kier alpha value is -4.10. The summed E-state index contributed by atoms with van der Waals surface area (Å²) in [7, 11) is 0. The largest absolute Gasteiger partial charge is 0.393 e. The van der Waals surface area contributed by atoms with Crippen molar-refractivity contribution >= 4 is 50.2 Å². The molecule has 4 aromatic rings. The summed E-state index contributed by atoms with van der Waals surface area (Å²) >= 11 is 3.23. The molecule has 0 aliphatic carbocycles. The van der Waals surface area contributed by atoms with Gasteiger partial charge in [-0.2, -0.15) is 5.10 Å². The number of carbonyl (C=O) groups excluding carboxylic acids is 3. The number of aromatic nitrogens is 5. The molecule has 11 nitrogen and oxygen atoms in total. The summed E-state index contributed by atoms with van der Waals surface area (Å²) < 4.78 is 17.1. The SMILES string of the molecule is CC(=O)c1nn(CC(=O)N2C[C@@](F)(CO)C[C@H]2C(=O)Nc2cccc(Br)n2)c2ccc(-c3cnc(C)nc3)cc12. The van der Waals surface area contributed by atoms with Crippen molar-refractivity contribution in [2.45, 2.75) is 38.5 Å². The molecule has 2 N–H and O–H groups in total. The predicted octanol–water partition coefficient (Wildman–Crippen LogP) is 3.10. The lowest BCUT2D eigenvalue weighted by Crippen LogP contribution is -2.45. The third kappa shape index (κ3) is 5.47. The summed E-state index contributed by atoms with van der Waals surface area (Å²) in [5.41, 5.74) is 0.0553. The molecule has 206 valence electrons. The second-order valence-corrected chi connectivity index (χ2v) is 10.5. The highest BCUT2D eigenvalue weighted by atomic mass is 79.9. The number of nitrogens with zero attached hydrogens (tertiary/aromatic N) is 6. The lowest BCUT2D eigenvalue weighted by Gasteiger charge is -2.24. The summed E-state index contributed by atoms with van der Waals surface area (Å²) in [6.07, 6.45) is 2.98. The number of hydrogen-bond donors (Lipinski definition) is 2. The highest BCUT2D eigenvalue weighted by Gasteiger charge is 2.49. The third-order valence-corrected chi connectivity index (χ3v) is 7.19. The number of fused-ring (bicyclic) bond motifs is 1. The normalized spacial score (nSPS) is 18.7. The molecule has 0 radical (unpaired) electrons. The van der Waals surface area contributed by atoms with Crippen molar-refractivity contribution in [2.24, 2.45) is 0 Å². The maximum atomic E-state index is 15.3. The molecule has 4 heterocycles. The highest BCUT2D eigenvalue weighted by Crippen LogP contribution is 2.32. The Morgan fingerprint density at radius 1 is 1.18 bits per heavy atom. The molecule has 0 unspecified atom stereocenters. The van der Waals surface area contributed by atoms with Crippen LogP contribution in [0.3, 0.4) is 0 Å². The summed E-state index contributed by atoms with van der Waals surface area (Å²) in [4.78, 5) is 52.7. The van der Waals surface area contributed by atoms with E-state index in [4.69, 9.17) is 0 Å². The number of rotatable bonds is 7. The smallest absolute Gasteiger partial charge is 0.248 e. The third-order valence-electron chi connectivity index (χ3n) is 6.75. The average molecular weight is 610 g/mol. The quantitative estimate of drug-likeness (QED) is 0.240. The molecule has 2 amide bonds. The number of aliphatic hydroxyl groups excluding tert-OH is 1. The van der Waals surface area contributed by atoms with Crippen LogP contribution in [0, 0.1) is 6.92 Å². The van der Waals surface area contributed by atoms with Crippen LogP contribution in [0.1, 0.15) is 29.7 Å². The number of hydrogen-bond acceptors (Lipinski definition) is 8. The van der Waals surface area contributed by atoms with Gasteiger partial charge >= 0.3 is 0 Å². The first-order chi connectivity index (χ1) is 19.1. The van der Waals surface area contributed by atoms with Crippen LogP contribution in [0.4, 0.5) is 10.2 Å². The second kappa shape index (κ2) is 10.8. The molecule has 1 aromatic carbocycles. The van der Waals surface area contributed by atoms with Crippen LogP contribution < -0.4 is 5.32 Å². The molecule has 1 fully saturated rings. The van der Waals surface area contributed by atoms with E-state index in [1.165, 1.54) is 11.6 Å². The van der Waals surface area contributed by atoms with Gasteiger partial charge < -0.3 is 15.3 Å². The minimum Gasteiger partial charge on any atom is -0.393 e. The Bertz CT molecular complexity index is 1630. The molecule has 1 saturated heterocycles. The van der Waals surface area contributed by atoms with Crippen LogP contribution in [-0.2, 0) is 16.1 Å². The van der Waals surface area contributed by atoms with Crippen molar-refractivity contribution in [3.8, 4) is 11.1 Å². The average Bonchev–Trinajstić information content (AvgIpc) is 3.47. The molecule has 1 aliphatic heterocycles. The van der Waals surface area contributed by atoms with Gasteiger partial charge in [0.15, 0.2) is 11.5 Å². The molecule has 1 aliphatic rings. The van der Waals surface area contributed by atoms with Gasteiger partial charge in [0, 0.05) is 36.7 Å². The zero-order chi connectivity index (χ0) is 28.6. The van der Waals surface area contributed by atoms with E-state index in [9.17, 15) is 19.5 Å². The number of carbonyl (C=O) groups is 3. The van der Waals surface area contributed by atoms with Crippen molar-refractivity contribution in [1.82, 2.24) is 29.6 Å². The van der Waals surface area contributed by atoms with Crippen molar-refractivity contribution in [3.63, 3.8) is 0 Å². The number of Topliss-reactive ketones (excluding diaryl/α,β-unsaturated/α-hetero) is 1. The molecule has 5 rings (SSSR count). The Labute approximate surface area is 236 Å². The fraction of sp³-hybridized carbons (Fsp3) is 0.296. The number of halogens is 2. The summed E-state index contributed by atoms with van der Waals surface area (Å²) in [5, 5.41) is 17.2. The molecule has 13 heteroatoms. The number of aryl methyl sites for hydroxylation is 1. The van der Waals surface area contributed by atoms with Gasteiger partial charge in [-0.3, -0.25) is 19.1 Å².